The van der Waals surface area contributed by atoms with E-state index in [0.29, 0.717) is 6.79 Å². The van der Waals surface area contributed by atoms with Crippen molar-refractivity contribution >= 4 is 0 Å². The van der Waals surface area contributed by atoms with Crippen LogP contribution in [0.2, 0.25) is 0 Å². The minimum atomic E-state index is 0.438. The minimum absolute atomic E-state index is 0.438. The van der Waals surface area contributed by atoms with Crippen molar-refractivity contribution in [1.82, 2.24) is 0 Å². The molecule has 0 radical (unpaired) electrons. The second-order valence-corrected chi connectivity index (χ2v) is 5.17. The molecule has 2 heteroatoms. The Balaban J connectivity index is 2.93. The summed E-state index contributed by atoms with van der Waals surface area (Å²) in [5.74, 6) is 0. The van der Waals surface area contributed by atoms with E-state index in [4.69, 9.17) is 9.47 Å². The molecule has 0 aliphatic rings. The fourth-order valence-corrected chi connectivity index (χ4v) is 2.13. The molecule has 0 aliphatic heterocycles. The lowest BCUT2D eigenvalue weighted by Gasteiger charge is -2.03. The standard InChI is InChI=1S/C17H34O2/c1-3-4-5-6-7-8-9-10-11-12-13-14-15-16-19-17-18-2/h4-5H,3,6-17H2,1-2H3/b5-4-. The third kappa shape index (κ3) is 17.7. The van der Waals surface area contributed by atoms with Crippen molar-refractivity contribution in [3.05, 3.63) is 12.2 Å². The van der Waals surface area contributed by atoms with Crippen LogP contribution in [0.25, 0.3) is 0 Å². The van der Waals surface area contributed by atoms with Gasteiger partial charge in [-0.2, -0.15) is 0 Å². The number of methoxy groups -OCH3 is 1. The van der Waals surface area contributed by atoms with Crippen LogP contribution >= 0.6 is 0 Å². The maximum atomic E-state index is 5.25. The summed E-state index contributed by atoms with van der Waals surface area (Å²) in [6, 6.07) is 0. The second-order valence-electron chi connectivity index (χ2n) is 5.17. The van der Waals surface area contributed by atoms with Gasteiger partial charge in [-0.1, -0.05) is 64.0 Å². The van der Waals surface area contributed by atoms with Crippen LogP contribution in [0.15, 0.2) is 12.2 Å². The van der Waals surface area contributed by atoms with Gasteiger partial charge in [-0.3, -0.25) is 0 Å². The molecular formula is C17H34O2. The minimum Gasteiger partial charge on any atom is -0.359 e. The van der Waals surface area contributed by atoms with Gasteiger partial charge in [0.1, 0.15) is 6.79 Å². The normalized spacial score (nSPS) is 11.5. The largest absolute Gasteiger partial charge is 0.359 e. The first-order valence-corrected chi connectivity index (χ1v) is 8.13. The van der Waals surface area contributed by atoms with Crippen molar-refractivity contribution in [1.29, 1.82) is 0 Å². The molecule has 0 rings (SSSR count). The smallest absolute Gasteiger partial charge is 0.146 e. The number of allylic oxidation sites excluding steroid dienone is 2. The van der Waals surface area contributed by atoms with E-state index in [0.717, 1.165) is 6.61 Å². The predicted molar refractivity (Wildman–Crippen MR) is 83.4 cm³/mol. The average Bonchev–Trinajstić information content (AvgIpc) is 2.43. The van der Waals surface area contributed by atoms with E-state index in [-0.39, 0.29) is 0 Å². The summed E-state index contributed by atoms with van der Waals surface area (Å²) in [6.45, 7) is 3.48. The van der Waals surface area contributed by atoms with E-state index < -0.39 is 0 Å². The van der Waals surface area contributed by atoms with Gasteiger partial charge in [0.2, 0.25) is 0 Å². The molecule has 0 aromatic heterocycles. The maximum absolute atomic E-state index is 5.25. The first kappa shape index (κ1) is 18.7. The topological polar surface area (TPSA) is 18.5 Å². The van der Waals surface area contributed by atoms with Crippen molar-refractivity contribution in [3.63, 3.8) is 0 Å². The van der Waals surface area contributed by atoms with Crippen molar-refractivity contribution in [2.45, 2.75) is 77.6 Å². The lowest BCUT2D eigenvalue weighted by Crippen LogP contribution is -1.98. The van der Waals surface area contributed by atoms with Crippen LogP contribution in [0.5, 0.6) is 0 Å². The lowest BCUT2D eigenvalue weighted by molar-refractivity contribution is -0.0315. The molecule has 0 amide bonds. The highest BCUT2D eigenvalue weighted by molar-refractivity contribution is 4.79. The van der Waals surface area contributed by atoms with Crippen LogP contribution in [-0.4, -0.2) is 20.5 Å². The van der Waals surface area contributed by atoms with Crippen LogP contribution in [0.1, 0.15) is 77.6 Å². The molecule has 0 atom stereocenters. The maximum Gasteiger partial charge on any atom is 0.146 e. The van der Waals surface area contributed by atoms with Crippen LogP contribution in [0, 0.1) is 0 Å². The van der Waals surface area contributed by atoms with Crippen molar-refractivity contribution in [3.8, 4) is 0 Å². The van der Waals surface area contributed by atoms with Crippen molar-refractivity contribution in [2.24, 2.45) is 0 Å². The number of hydrogen-bond donors (Lipinski definition) is 0. The Bertz CT molecular complexity index is 178. The summed E-state index contributed by atoms with van der Waals surface area (Å²) in [5, 5.41) is 0. The number of rotatable bonds is 15. The van der Waals surface area contributed by atoms with Gasteiger partial charge in [-0.05, 0) is 25.7 Å². The zero-order chi connectivity index (χ0) is 14.0. The first-order valence-electron chi connectivity index (χ1n) is 8.13. The summed E-state index contributed by atoms with van der Waals surface area (Å²) in [4.78, 5) is 0. The Hall–Kier alpha value is -0.340. The fourth-order valence-electron chi connectivity index (χ4n) is 2.13. The van der Waals surface area contributed by atoms with E-state index in [1.807, 2.05) is 0 Å². The van der Waals surface area contributed by atoms with Gasteiger partial charge < -0.3 is 9.47 Å². The molecule has 0 saturated carbocycles. The lowest BCUT2D eigenvalue weighted by atomic mass is 10.1. The molecule has 2 nitrogen and oxygen atoms in total. The summed E-state index contributed by atoms with van der Waals surface area (Å²) >= 11 is 0. The molecule has 0 spiro atoms. The van der Waals surface area contributed by atoms with Gasteiger partial charge >= 0.3 is 0 Å². The summed E-state index contributed by atoms with van der Waals surface area (Å²) in [5.41, 5.74) is 0. The fraction of sp³-hybridized carbons (Fsp3) is 0.882. The van der Waals surface area contributed by atoms with E-state index in [9.17, 15) is 0 Å². The van der Waals surface area contributed by atoms with Gasteiger partial charge in [0.15, 0.2) is 0 Å². The highest BCUT2D eigenvalue weighted by atomic mass is 16.7. The van der Waals surface area contributed by atoms with E-state index in [2.05, 4.69) is 19.1 Å². The number of unbranched alkanes of at least 4 members (excludes halogenated alkanes) is 9. The molecule has 0 N–H and O–H groups in total. The Morgan fingerprint density at radius 3 is 1.89 bits per heavy atom. The van der Waals surface area contributed by atoms with Crippen LogP contribution in [-0.2, 0) is 9.47 Å². The SMILES string of the molecule is CC/C=C\CCCCCCCCCCCOCOC. The summed E-state index contributed by atoms with van der Waals surface area (Å²) in [6.07, 6.45) is 19.3. The monoisotopic (exact) mass is 270 g/mol. The zero-order valence-electron chi connectivity index (χ0n) is 13.2. The quantitative estimate of drug-likeness (QED) is 0.223. The van der Waals surface area contributed by atoms with Crippen LogP contribution < -0.4 is 0 Å². The third-order valence-electron chi connectivity index (χ3n) is 3.26. The molecule has 0 aromatic carbocycles. The average molecular weight is 270 g/mol. The Labute approximate surface area is 120 Å². The molecule has 0 heterocycles. The van der Waals surface area contributed by atoms with E-state index in [1.165, 1.54) is 70.6 Å². The number of ether oxygens (including phenoxy) is 2. The van der Waals surface area contributed by atoms with Crippen molar-refractivity contribution < 1.29 is 9.47 Å². The molecule has 0 bridgehead atoms. The zero-order valence-corrected chi connectivity index (χ0v) is 13.2. The summed E-state index contributed by atoms with van der Waals surface area (Å²) in [7, 11) is 1.67. The summed E-state index contributed by atoms with van der Waals surface area (Å²) < 4.78 is 10.1. The Morgan fingerprint density at radius 2 is 1.32 bits per heavy atom. The number of hydrogen-bond acceptors (Lipinski definition) is 2. The molecule has 0 saturated heterocycles. The van der Waals surface area contributed by atoms with Crippen LogP contribution in [0.3, 0.4) is 0 Å². The van der Waals surface area contributed by atoms with Gasteiger partial charge in [-0.15, -0.1) is 0 Å². The molecule has 114 valence electrons. The highest BCUT2D eigenvalue weighted by Gasteiger charge is 1.93. The van der Waals surface area contributed by atoms with Gasteiger partial charge in [0, 0.05) is 13.7 Å². The third-order valence-corrected chi connectivity index (χ3v) is 3.26. The molecule has 0 aliphatic carbocycles. The Kier molecular flexibility index (Phi) is 17.3. The second kappa shape index (κ2) is 17.7. The molecule has 0 fully saturated rings. The molecular weight excluding hydrogens is 236 g/mol. The highest BCUT2D eigenvalue weighted by Crippen LogP contribution is 2.10. The first-order chi connectivity index (χ1) is 9.41. The molecule has 0 aromatic rings. The van der Waals surface area contributed by atoms with Gasteiger partial charge in [0.05, 0.1) is 0 Å². The predicted octanol–water partition coefficient (Wildman–Crippen LogP) is 5.47. The van der Waals surface area contributed by atoms with E-state index in [1.54, 1.807) is 7.11 Å². The Morgan fingerprint density at radius 1 is 0.737 bits per heavy atom. The van der Waals surface area contributed by atoms with Crippen molar-refractivity contribution in [2.75, 3.05) is 20.5 Å². The van der Waals surface area contributed by atoms with E-state index >= 15 is 0 Å². The van der Waals surface area contributed by atoms with Gasteiger partial charge in [-0.25, -0.2) is 0 Å². The van der Waals surface area contributed by atoms with Crippen LogP contribution in [0.4, 0.5) is 0 Å². The molecule has 19 heavy (non-hydrogen) atoms. The molecule has 0 unspecified atom stereocenters. The van der Waals surface area contributed by atoms with Gasteiger partial charge in [0.25, 0.3) is 0 Å².